The van der Waals surface area contributed by atoms with Crippen molar-refractivity contribution >= 4 is 11.6 Å². The van der Waals surface area contributed by atoms with Gasteiger partial charge in [0.1, 0.15) is 0 Å². The lowest BCUT2D eigenvalue weighted by Gasteiger charge is -2.12. The summed E-state index contributed by atoms with van der Waals surface area (Å²) in [6.45, 7) is 1.96. The minimum absolute atomic E-state index is 0.0653. The number of amides is 1. The van der Waals surface area contributed by atoms with Gasteiger partial charge in [-0.25, -0.2) is 0 Å². The number of anilines is 1. The average Bonchev–Trinajstić information content (AvgIpc) is 2.84. The summed E-state index contributed by atoms with van der Waals surface area (Å²) in [5, 5.41) is 3.25. The predicted molar refractivity (Wildman–Crippen MR) is 78.1 cm³/mol. The molecule has 0 heterocycles. The average molecular weight is 271 g/mol. The Morgan fingerprint density at radius 1 is 1.25 bits per heavy atom. The van der Waals surface area contributed by atoms with Gasteiger partial charge >= 0.3 is 0 Å². The highest BCUT2D eigenvalue weighted by atomic mass is 16.1. The van der Waals surface area contributed by atoms with Gasteiger partial charge < -0.3 is 10.7 Å². The Balaban J connectivity index is 1.45. The molecule has 4 unspecified atom stereocenters. The van der Waals surface area contributed by atoms with Crippen molar-refractivity contribution in [2.75, 3.05) is 5.43 Å². The van der Waals surface area contributed by atoms with E-state index in [0.717, 1.165) is 40.5 Å². The zero-order valence-electron chi connectivity index (χ0n) is 11.7. The Morgan fingerprint density at radius 3 is 2.55 bits per heavy atom. The Morgan fingerprint density at radius 2 is 1.95 bits per heavy atom. The van der Waals surface area contributed by atoms with Crippen LogP contribution < -0.4 is 16.6 Å². The first kappa shape index (κ1) is 12.2. The minimum Gasteiger partial charge on any atom is -0.349 e. The summed E-state index contributed by atoms with van der Waals surface area (Å²) in [7, 11) is 0. The number of hydrogen-bond donors (Lipinski definition) is 3. The van der Waals surface area contributed by atoms with Crippen LogP contribution in [0.2, 0.25) is 0 Å². The number of hydrogen-bond acceptors (Lipinski definition) is 3. The van der Waals surface area contributed by atoms with E-state index in [-0.39, 0.29) is 5.91 Å². The third-order valence-corrected chi connectivity index (χ3v) is 5.68. The fourth-order valence-corrected chi connectivity index (χ4v) is 4.72. The van der Waals surface area contributed by atoms with E-state index in [4.69, 9.17) is 5.84 Å². The fraction of sp³-hybridized carbons (Fsp3) is 0.562. The molecule has 3 fully saturated rings. The van der Waals surface area contributed by atoms with Gasteiger partial charge in [-0.1, -0.05) is 0 Å². The summed E-state index contributed by atoms with van der Waals surface area (Å²) in [5.74, 6) is 8.82. The van der Waals surface area contributed by atoms with Gasteiger partial charge in [-0.15, -0.1) is 0 Å². The molecule has 3 aliphatic rings. The molecule has 1 aromatic rings. The van der Waals surface area contributed by atoms with Crippen LogP contribution in [0, 0.1) is 30.6 Å². The topological polar surface area (TPSA) is 67.2 Å². The molecule has 0 aliphatic heterocycles. The second kappa shape index (κ2) is 4.22. The van der Waals surface area contributed by atoms with E-state index in [1.54, 1.807) is 0 Å². The number of nitrogen functional groups attached to an aromatic ring is 1. The lowest BCUT2D eigenvalue weighted by atomic mass is 10.0. The highest BCUT2D eigenvalue weighted by Crippen LogP contribution is 2.65. The first-order chi connectivity index (χ1) is 9.69. The molecule has 0 aromatic heterocycles. The molecule has 2 bridgehead atoms. The van der Waals surface area contributed by atoms with Crippen molar-refractivity contribution in [2.24, 2.45) is 29.5 Å². The van der Waals surface area contributed by atoms with E-state index in [9.17, 15) is 4.79 Å². The van der Waals surface area contributed by atoms with Gasteiger partial charge in [-0.2, -0.15) is 0 Å². The van der Waals surface area contributed by atoms with Crippen LogP contribution in [0.4, 0.5) is 5.69 Å². The Bertz CT molecular complexity index is 555. The van der Waals surface area contributed by atoms with Crippen molar-refractivity contribution < 1.29 is 4.79 Å². The molecule has 0 spiro atoms. The van der Waals surface area contributed by atoms with Gasteiger partial charge in [-0.05, 0) is 73.6 Å². The van der Waals surface area contributed by atoms with Gasteiger partial charge in [0, 0.05) is 11.6 Å². The quantitative estimate of drug-likeness (QED) is 0.582. The molecule has 4 N–H and O–H groups in total. The molecule has 1 aromatic carbocycles. The molecule has 106 valence electrons. The highest BCUT2D eigenvalue weighted by Gasteiger charge is 2.65. The van der Waals surface area contributed by atoms with Crippen LogP contribution in [-0.4, -0.2) is 11.9 Å². The Labute approximate surface area is 119 Å². The summed E-state index contributed by atoms with van der Waals surface area (Å²) >= 11 is 0. The van der Waals surface area contributed by atoms with Gasteiger partial charge in [0.2, 0.25) is 0 Å². The van der Waals surface area contributed by atoms with Crippen LogP contribution in [0.15, 0.2) is 18.2 Å². The largest absolute Gasteiger partial charge is 0.349 e. The van der Waals surface area contributed by atoms with E-state index in [0.29, 0.717) is 6.04 Å². The first-order valence-electron chi connectivity index (χ1n) is 7.57. The second-order valence-corrected chi connectivity index (χ2v) is 6.66. The lowest BCUT2D eigenvalue weighted by molar-refractivity contribution is 0.0944. The number of benzene rings is 1. The van der Waals surface area contributed by atoms with E-state index < -0.39 is 0 Å². The molecule has 0 radical (unpaired) electrons. The molecule has 3 saturated carbocycles. The summed E-state index contributed by atoms with van der Waals surface area (Å²) < 4.78 is 0. The zero-order valence-corrected chi connectivity index (χ0v) is 11.7. The normalized spacial score (nSPS) is 36.6. The maximum Gasteiger partial charge on any atom is 0.251 e. The van der Waals surface area contributed by atoms with Crippen LogP contribution in [-0.2, 0) is 0 Å². The third kappa shape index (κ3) is 1.67. The minimum atomic E-state index is 0.0653. The number of fused-ring (bicyclic) bond motifs is 5. The second-order valence-electron chi connectivity index (χ2n) is 6.66. The predicted octanol–water partition coefficient (Wildman–Crippen LogP) is 2.05. The van der Waals surface area contributed by atoms with Crippen LogP contribution in [0.5, 0.6) is 0 Å². The summed E-state index contributed by atoms with van der Waals surface area (Å²) in [4.78, 5) is 12.3. The standard InChI is InChI=1S/C16H21N3O/c1-8-6-11(4-5-12(8)19-17)16(20)18-15-13-9-2-3-10(7-9)14(13)15/h4-6,9-10,13-15,19H,2-3,7,17H2,1H3,(H,18,20). The molecule has 4 heteroatoms. The van der Waals surface area contributed by atoms with Crippen molar-refractivity contribution in [3.05, 3.63) is 29.3 Å². The van der Waals surface area contributed by atoms with Crippen LogP contribution in [0.3, 0.4) is 0 Å². The van der Waals surface area contributed by atoms with Gasteiger partial charge in [0.05, 0.1) is 5.69 Å². The molecule has 1 amide bonds. The molecule has 4 nitrogen and oxygen atoms in total. The molecule has 3 aliphatic carbocycles. The van der Waals surface area contributed by atoms with Gasteiger partial charge in [0.15, 0.2) is 0 Å². The van der Waals surface area contributed by atoms with Gasteiger partial charge in [0.25, 0.3) is 5.91 Å². The molecular formula is C16H21N3O. The van der Waals surface area contributed by atoms with E-state index >= 15 is 0 Å². The molecule has 4 atom stereocenters. The van der Waals surface area contributed by atoms with Crippen molar-refractivity contribution in [2.45, 2.75) is 32.2 Å². The van der Waals surface area contributed by atoms with Crippen LogP contribution in [0.1, 0.15) is 35.2 Å². The van der Waals surface area contributed by atoms with Crippen molar-refractivity contribution in [3.63, 3.8) is 0 Å². The molecule has 20 heavy (non-hydrogen) atoms. The SMILES string of the molecule is Cc1cc(C(=O)NC2C3C4CCC(C4)C23)ccc1NN. The van der Waals surface area contributed by atoms with E-state index in [1.165, 1.54) is 19.3 Å². The number of rotatable bonds is 3. The number of aryl methyl sites for hydroxylation is 1. The summed E-state index contributed by atoms with van der Waals surface area (Å²) in [6, 6.07) is 6.05. The number of carbonyl (C=O) groups excluding carboxylic acids is 1. The highest BCUT2D eigenvalue weighted by molar-refractivity contribution is 5.95. The molecule has 0 saturated heterocycles. The summed E-state index contributed by atoms with van der Waals surface area (Å²) in [6.07, 6.45) is 4.18. The smallest absolute Gasteiger partial charge is 0.251 e. The Hall–Kier alpha value is -1.55. The maximum atomic E-state index is 12.3. The number of carbonyl (C=O) groups is 1. The van der Waals surface area contributed by atoms with Crippen LogP contribution >= 0.6 is 0 Å². The lowest BCUT2D eigenvalue weighted by Crippen LogP contribution is -2.30. The Kier molecular flexibility index (Phi) is 2.58. The van der Waals surface area contributed by atoms with Crippen molar-refractivity contribution in [3.8, 4) is 0 Å². The van der Waals surface area contributed by atoms with E-state index in [1.807, 2.05) is 25.1 Å². The first-order valence-corrected chi connectivity index (χ1v) is 7.57. The third-order valence-electron chi connectivity index (χ3n) is 5.68. The van der Waals surface area contributed by atoms with Crippen molar-refractivity contribution in [1.82, 2.24) is 5.32 Å². The summed E-state index contributed by atoms with van der Waals surface area (Å²) in [5.41, 5.74) is 5.23. The monoisotopic (exact) mass is 271 g/mol. The van der Waals surface area contributed by atoms with E-state index in [2.05, 4.69) is 10.7 Å². The fourth-order valence-electron chi connectivity index (χ4n) is 4.72. The molecular weight excluding hydrogens is 250 g/mol. The van der Waals surface area contributed by atoms with Gasteiger partial charge in [-0.3, -0.25) is 10.6 Å². The molecule has 4 rings (SSSR count). The maximum absolute atomic E-state index is 12.3. The number of nitrogens with two attached hydrogens (primary N) is 1. The van der Waals surface area contributed by atoms with Crippen molar-refractivity contribution in [1.29, 1.82) is 0 Å². The number of hydrazine groups is 1. The number of nitrogens with one attached hydrogen (secondary N) is 2. The van der Waals surface area contributed by atoms with Crippen LogP contribution in [0.25, 0.3) is 0 Å². The zero-order chi connectivity index (χ0) is 13.9.